The maximum atomic E-state index is 13.0. The van der Waals surface area contributed by atoms with E-state index in [0.29, 0.717) is 0 Å². The molecule has 1 aliphatic heterocycles. The van der Waals surface area contributed by atoms with E-state index < -0.39 is 32.4 Å². The minimum absolute atomic E-state index is 0.00626. The summed E-state index contributed by atoms with van der Waals surface area (Å²) >= 11 is 3.02. The summed E-state index contributed by atoms with van der Waals surface area (Å²) in [5.74, 6) is -0.799. The molecule has 0 saturated carbocycles. The first kappa shape index (κ1) is 21.6. The first-order chi connectivity index (χ1) is 13.6. The van der Waals surface area contributed by atoms with Crippen molar-refractivity contribution in [3.8, 4) is 11.8 Å². The Morgan fingerprint density at radius 3 is 2.28 bits per heavy atom. The van der Waals surface area contributed by atoms with Gasteiger partial charge in [-0.25, -0.2) is 8.42 Å². The van der Waals surface area contributed by atoms with Crippen molar-refractivity contribution in [2.45, 2.75) is 29.5 Å². The molecule has 0 aromatic heterocycles. The number of piperidine rings is 1. The number of benzene rings is 2. The fourth-order valence-corrected chi connectivity index (χ4v) is 5.25. The lowest BCUT2D eigenvalue weighted by atomic mass is 9.74. The zero-order valence-corrected chi connectivity index (χ0v) is 17.4. The molecule has 1 aliphatic rings. The number of nitrogens with zero attached hydrogens (tertiary/aromatic N) is 2. The normalized spacial score (nSPS) is 17.5. The van der Waals surface area contributed by atoms with Crippen molar-refractivity contribution >= 4 is 26.0 Å². The second-order valence-corrected chi connectivity index (χ2v) is 9.42. The van der Waals surface area contributed by atoms with Crippen LogP contribution >= 0.6 is 15.9 Å². The van der Waals surface area contributed by atoms with Gasteiger partial charge >= 0.3 is 6.36 Å². The third kappa shape index (κ3) is 4.57. The Labute approximate surface area is 174 Å². The van der Waals surface area contributed by atoms with Crippen LogP contribution < -0.4 is 4.74 Å². The quantitative estimate of drug-likeness (QED) is 0.630. The molecule has 10 heteroatoms. The molecular formula is C19H16BrF3N2O3S. The predicted molar refractivity (Wildman–Crippen MR) is 103 cm³/mol. The van der Waals surface area contributed by atoms with Crippen molar-refractivity contribution in [2.75, 3.05) is 13.1 Å². The van der Waals surface area contributed by atoms with Gasteiger partial charge in [0.25, 0.3) is 0 Å². The summed E-state index contributed by atoms with van der Waals surface area (Å²) in [4.78, 5) is -0.567. The SMILES string of the molecule is N#CC1(c2ccccc2)CCN(S(=O)(=O)c2ccc(Br)cc2OC(F)(F)F)CC1. The second kappa shape index (κ2) is 7.97. The first-order valence-electron chi connectivity index (χ1n) is 8.60. The van der Waals surface area contributed by atoms with Gasteiger partial charge in [-0.1, -0.05) is 46.3 Å². The molecule has 1 saturated heterocycles. The van der Waals surface area contributed by atoms with E-state index in [9.17, 15) is 26.9 Å². The topological polar surface area (TPSA) is 70.4 Å². The molecule has 0 amide bonds. The molecule has 0 atom stereocenters. The standard InChI is InChI=1S/C19H16BrF3N2O3S/c20-15-6-7-17(16(12-15)28-19(21,22)23)29(26,27)25-10-8-18(13-24,9-11-25)14-4-2-1-3-5-14/h1-7,12H,8-11H2. The Morgan fingerprint density at radius 1 is 1.10 bits per heavy atom. The Balaban J connectivity index is 1.89. The number of sulfonamides is 1. The van der Waals surface area contributed by atoms with Crippen LogP contribution in [0.2, 0.25) is 0 Å². The average molecular weight is 489 g/mol. The monoisotopic (exact) mass is 488 g/mol. The molecule has 2 aromatic carbocycles. The largest absolute Gasteiger partial charge is 0.573 e. The molecule has 0 unspecified atom stereocenters. The molecule has 2 aromatic rings. The second-order valence-electron chi connectivity index (χ2n) is 6.60. The van der Waals surface area contributed by atoms with Gasteiger partial charge in [-0.3, -0.25) is 0 Å². The lowest BCUT2D eigenvalue weighted by Crippen LogP contribution is -2.44. The summed E-state index contributed by atoms with van der Waals surface area (Å²) in [5.41, 5.74) is -0.0394. The molecule has 0 radical (unpaired) electrons. The van der Waals surface area contributed by atoms with E-state index in [0.717, 1.165) is 22.0 Å². The zero-order valence-electron chi connectivity index (χ0n) is 15.0. The molecule has 5 nitrogen and oxygen atoms in total. The lowest BCUT2D eigenvalue weighted by Gasteiger charge is -2.37. The van der Waals surface area contributed by atoms with Crippen LogP contribution in [-0.4, -0.2) is 32.2 Å². The van der Waals surface area contributed by atoms with Crippen LogP contribution in [0.3, 0.4) is 0 Å². The van der Waals surface area contributed by atoms with E-state index in [1.807, 2.05) is 18.2 Å². The van der Waals surface area contributed by atoms with Crippen molar-refractivity contribution in [1.82, 2.24) is 4.31 Å². The van der Waals surface area contributed by atoms with Crippen molar-refractivity contribution in [3.05, 3.63) is 58.6 Å². The Morgan fingerprint density at radius 2 is 1.72 bits per heavy atom. The van der Waals surface area contributed by atoms with E-state index in [1.54, 1.807) is 12.1 Å². The molecule has 1 fully saturated rings. The van der Waals surface area contributed by atoms with E-state index in [2.05, 4.69) is 26.7 Å². The maximum absolute atomic E-state index is 13.0. The molecule has 0 bridgehead atoms. The molecule has 1 heterocycles. The summed E-state index contributed by atoms with van der Waals surface area (Å²) in [6.07, 6.45) is -4.56. The van der Waals surface area contributed by atoms with Gasteiger partial charge in [-0.2, -0.15) is 9.57 Å². The number of hydrogen-bond acceptors (Lipinski definition) is 4. The van der Waals surface area contributed by atoms with Gasteiger partial charge in [-0.05, 0) is 36.6 Å². The first-order valence-corrected chi connectivity index (χ1v) is 10.8. The summed E-state index contributed by atoms with van der Waals surface area (Å²) < 4.78 is 69.5. The molecule has 29 heavy (non-hydrogen) atoms. The highest BCUT2D eigenvalue weighted by Crippen LogP contribution is 2.39. The predicted octanol–water partition coefficient (Wildman–Crippen LogP) is 4.59. The molecule has 0 N–H and O–H groups in total. The van der Waals surface area contributed by atoms with Crippen molar-refractivity contribution < 1.29 is 26.3 Å². The van der Waals surface area contributed by atoms with Gasteiger partial charge in [0, 0.05) is 17.6 Å². The van der Waals surface area contributed by atoms with Gasteiger partial charge in [0.2, 0.25) is 10.0 Å². The van der Waals surface area contributed by atoms with E-state index in [1.165, 1.54) is 6.07 Å². The van der Waals surface area contributed by atoms with Crippen molar-refractivity contribution in [1.29, 1.82) is 5.26 Å². The number of alkyl halides is 3. The van der Waals surface area contributed by atoms with Crippen LogP contribution in [0.5, 0.6) is 5.75 Å². The van der Waals surface area contributed by atoms with Gasteiger partial charge in [0.15, 0.2) is 5.75 Å². The number of nitriles is 1. The van der Waals surface area contributed by atoms with Gasteiger partial charge in [0.05, 0.1) is 11.5 Å². The van der Waals surface area contributed by atoms with Crippen LogP contribution in [-0.2, 0) is 15.4 Å². The van der Waals surface area contributed by atoms with E-state index in [-0.39, 0.29) is 30.4 Å². The maximum Gasteiger partial charge on any atom is 0.573 e. The highest BCUT2D eigenvalue weighted by Gasteiger charge is 2.41. The Bertz CT molecular complexity index is 1030. The summed E-state index contributed by atoms with van der Waals surface area (Å²) in [5, 5.41) is 9.74. The minimum Gasteiger partial charge on any atom is -0.404 e. The fourth-order valence-electron chi connectivity index (χ4n) is 3.37. The number of ether oxygens (including phenoxy) is 1. The molecule has 3 rings (SSSR count). The average Bonchev–Trinajstić information content (AvgIpc) is 2.67. The lowest BCUT2D eigenvalue weighted by molar-refractivity contribution is -0.275. The van der Waals surface area contributed by atoms with E-state index in [4.69, 9.17) is 0 Å². The zero-order chi connectivity index (χ0) is 21.3. The molecule has 0 aliphatic carbocycles. The molecule has 154 valence electrons. The third-order valence-electron chi connectivity index (χ3n) is 4.87. The van der Waals surface area contributed by atoms with Gasteiger partial charge in [-0.15, -0.1) is 13.2 Å². The minimum atomic E-state index is -5.03. The van der Waals surface area contributed by atoms with Crippen LogP contribution in [0.1, 0.15) is 18.4 Å². The van der Waals surface area contributed by atoms with Crippen LogP contribution in [0.25, 0.3) is 0 Å². The van der Waals surface area contributed by atoms with Crippen molar-refractivity contribution in [2.24, 2.45) is 0 Å². The molecule has 0 spiro atoms. The highest BCUT2D eigenvalue weighted by molar-refractivity contribution is 9.10. The Kier molecular flexibility index (Phi) is 5.94. The molecular weight excluding hydrogens is 473 g/mol. The van der Waals surface area contributed by atoms with Gasteiger partial charge in [0.1, 0.15) is 4.90 Å². The van der Waals surface area contributed by atoms with Crippen LogP contribution in [0, 0.1) is 11.3 Å². The fraction of sp³-hybridized carbons (Fsp3) is 0.316. The summed E-state index contributed by atoms with van der Waals surface area (Å²) in [6.45, 7) is 0.0125. The Hall–Kier alpha value is -2.09. The van der Waals surface area contributed by atoms with Crippen LogP contribution in [0.15, 0.2) is 57.9 Å². The highest BCUT2D eigenvalue weighted by atomic mass is 79.9. The van der Waals surface area contributed by atoms with Gasteiger partial charge < -0.3 is 4.74 Å². The number of hydrogen-bond donors (Lipinski definition) is 0. The van der Waals surface area contributed by atoms with Crippen molar-refractivity contribution in [3.63, 3.8) is 0 Å². The third-order valence-corrected chi connectivity index (χ3v) is 7.30. The number of rotatable bonds is 4. The van der Waals surface area contributed by atoms with E-state index >= 15 is 0 Å². The number of halogens is 4. The smallest absolute Gasteiger partial charge is 0.404 e. The van der Waals surface area contributed by atoms with Crippen LogP contribution in [0.4, 0.5) is 13.2 Å². The summed E-state index contributed by atoms with van der Waals surface area (Å²) in [6, 6.07) is 14.7. The summed E-state index contributed by atoms with van der Waals surface area (Å²) in [7, 11) is -4.24.